The van der Waals surface area contributed by atoms with Crippen molar-refractivity contribution in [1.82, 2.24) is 0 Å². The first-order valence-electron chi connectivity index (χ1n) is 11.9. The standard InChI is InChI=1S/C23H41O5P/c1-3-4-5-6-7-8-9-10-11-12-13-14-15-17-27-29(25)18-16-21-19-26-23(24)22(21)20(2)28-29/h21H,3-19H2,1-2H3/t21-,29?/m0/s1. The SMILES string of the molecule is CCCCCCCCCCCCCCCO[P+]1([O-])CC[C@H]2COC(=O)C2=C(C)O1. The van der Waals surface area contributed by atoms with Gasteiger partial charge >= 0.3 is 5.97 Å². The summed E-state index contributed by atoms with van der Waals surface area (Å²) >= 11 is 0. The number of esters is 1. The molecule has 5 nitrogen and oxygen atoms in total. The maximum atomic E-state index is 12.9. The highest BCUT2D eigenvalue weighted by Gasteiger charge is 2.43. The summed E-state index contributed by atoms with van der Waals surface area (Å²) in [5, 5.41) is 0. The average molecular weight is 429 g/mol. The molecule has 6 heteroatoms. The molecule has 1 unspecified atom stereocenters. The Morgan fingerprint density at radius 3 is 2.10 bits per heavy atom. The minimum atomic E-state index is -3.14. The minimum absolute atomic E-state index is 0.00161. The van der Waals surface area contributed by atoms with Crippen molar-refractivity contribution in [2.75, 3.05) is 19.4 Å². The molecule has 29 heavy (non-hydrogen) atoms. The molecule has 2 rings (SSSR count). The summed E-state index contributed by atoms with van der Waals surface area (Å²) in [6.45, 7) is 4.79. The molecule has 1 saturated heterocycles. The molecule has 1 fully saturated rings. The molecule has 2 heterocycles. The fourth-order valence-electron chi connectivity index (χ4n) is 4.19. The van der Waals surface area contributed by atoms with E-state index in [1.165, 1.54) is 70.6 Å². The number of carbonyl (C=O) groups is 1. The van der Waals surface area contributed by atoms with Crippen molar-refractivity contribution in [3.05, 3.63) is 11.3 Å². The lowest BCUT2D eigenvalue weighted by Gasteiger charge is -2.26. The summed E-state index contributed by atoms with van der Waals surface area (Å²) in [5.74, 6) is 0.0828. The second-order valence-electron chi connectivity index (χ2n) is 8.56. The van der Waals surface area contributed by atoms with Gasteiger partial charge in [-0.3, -0.25) is 0 Å². The van der Waals surface area contributed by atoms with Crippen LogP contribution in [0.3, 0.4) is 0 Å². The van der Waals surface area contributed by atoms with Crippen LogP contribution in [-0.2, 0) is 18.6 Å². The number of cyclic esters (lactones) is 1. The first kappa shape index (κ1) is 24.6. The van der Waals surface area contributed by atoms with Crippen LogP contribution in [0.15, 0.2) is 11.3 Å². The third kappa shape index (κ3) is 8.94. The summed E-state index contributed by atoms with van der Waals surface area (Å²) in [5.41, 5.74) is 0.548. The van der Waals surface area contributed by atoms with Crippen LogP contribution in [0.5, 0.6) is 0 Å². The van der Waals surface area contributed by atoms with Crippen molar-refractivity contribution in [3.63, 3.8) is 0 Å². The van der Waals surface area contributed by atoms with Gasteiger partial charge in [-0.1, -0.05) is 84.0 Å². The Morgan fingerprint density at radius 1 is 0.966 bits per heavy atom. The number of fused-ring (bicyclic) bond motifs is 1. The number of rotatable bonds is 15. The fourth-order valence-corrected chi connectivity index (χ4v) is 6.02. The van der Waals surface area contributed by atoms with Gasteiger partial charge in [0.15, 0.2) is 5.76 Å². The number of hydrogen-bond donors (Lipinski definition) is 0. The highest BCUT2D eigenvalue weighted by atomic mass is 31.2. The maximum absolute atomic E-state index is 12.9. The van der Waals surface area contributed by atoms with E-state index in [-0.39, 0.29) is 11.9 Å². The predicted octanol–water partition coefficient (Wildman–Crippen LogP) is 6.08. The average Bonchev–Trinajstić information content (AvgIpc) is 3.01. The summed E-state index contributed by atoms with van der Waals surface area (Å²) in [7, 11) is -3.14. The van der Waals surface area contributed by atoms with Gasteiger partial charge in [-0.15, -0.1) is 0 Å². The molecule has 2 aliphatic rings. The molecule has 0 aliphatic carbocycles. The van der Waals surface area contributed by atoms with Crippen molar-refractivity contribution in [3.8, 4) is 0 Å². The van der Waals surface area contributed by atoms with Gasteiger partial charge in [0, 0.05) is 5.92 Å². The maximum Gasteiger partial charge on any atom is 0.338 e. The molecule has 168 valence electrons. The second kappa shape index (κ2) is 13.6. The normalized spacial score (nSPS) is 24.2. The van der Waals surface area contributed by atoms with E-state index in [1.807, 2.05) is 0 Å². The number of ether oxygens (including phenoxy) is 1. The van der Waals surface area contributed by atoms with E-state index in [2.05, 4.69) is 6.92 Å². The largest absolute Gasteiger partial charge is 0.624 e. The zero-order chi connectivity index (χ0) is 21.0. The lowest BCUT2D eigenvalue weighted by molar-refractivity contribution is -0.215. The Labute approximate surface area is 178 Å². The zero-order valence-electron chi connectivity index (χ0n) is 18.6. The van der Waals surface area contributed by atoms with Crippen LogP contribution < -0.4 is 4.89 Å². The highest BCUT2D eigenvalue weighted by molar-refractivity contribution is 7.59. The van der Waals surface area contributed by atoms with E-state index >= 15 is 0 Å². The van der Waals surface area contributed by atoms with Gasteiger partial charge in [-0.2, -0.15) is 0 Å². The Kier molecular flexibility index (Phi) is 11.6. The van der Waals surface area contributed by atoms with Crippen LogP contribution in [0.4, 0.5) is 0 Å². The molecule has 2 aliphatic heterocycles. The van der Waals surface area contributed by atoms with Gasteiger partial charge in [0.1, 0.15) is 6.16 Å². The summed E-state index contributed by atoms with van der Waals surface area (Å²) < 4.78 is 16.4. The lowest BCUT2D eigenvalue weighted by atomic mass is 9.99. The third-order valence-electron chi connectivity index (χ3n) is 5.99. The Morgan fingerprint density at radius 2 is 1.52 bits per heavy atom. The molecule has 0 spiro atoms. The monoisotopic (exact) mass is 428 g/mol. The summed E-state index contributed by atoms with van der Waals surface area (Å²) in [4.78, 5) is 24.7. The smallest absolute Gasteiger partial charge is 0.338 e. The first-order chi connectivity index (χ1) is 14.1. The predicted molar refractivity (Wildman–Crippen MR) is 116 cm³/mol. The Hall–Kier alpha value is -0.640. The van der Waals surface area contributed by atoms with Gasteiger partial charge in [-0.25, -0.2) is 9.32 Å². The molecule has 0 aromatic carbocycles. The Bertz CT molecular complexity index is 521. The van der Waals surface area contributed by atoms with Crippen molar-refractivity contribution in [2.24, 2.45) is 5.92 Å². The van der Waals surface area contributed by atoms with E-state index in [1.54, 1.807) is 6.92 Å². The fraction of sp³-hybridized carbons (Fsp3) is 0.870. The molecule has 0 amide bonds. The summed E-state index contributed by atoms with van der Waals surface area (Å²) in [6, 6.07) is 0. The lowest BCUT2D eigenvalue weighted by Crippen LogP contribution is -2.19. The van der Waals surface area contributed by atoms with E-state index in [9.17, 15) is 9.69 Å². The van der Waals surface area contributed by atoms with E-state index in [0.717, 1.165) is 12.8 Å². The van der Waals surface area contributed by atoms with Crippen LogP contribution >= 0.6 is 7.94 Å². The zero-order valence-corrected chi connectivity index (χ0v) is 19.5. The van der Waals surface area contributed by atoms with Crippen LogP contribution in [0, 0.1) is 5.92 Å². The molecule has 2 atom stereocenters. The number of unbranched alkanes of at least 4 members (excludes halogenated alkanes) is 12. The molecule has 0 aromatic rings. The van der Waals surface area contributed by atoms with Crippen LogP contribution in [-0.4, -0.2) is 25.3 Å². The molecule has 0 saturated carbocycles. The van der Waals surface area contributed by atoms with E-state index in [0.29, 0.717) is 37.1 Å². The van der Waals surface area contributed by atoms with Crippen LogP contribution in [0.2, 0.25) is 0 Å². The minimum Gasteiger partial charge on any atom is -0.624 e. The van der Waals surface area contributed by atoms with Gasteiger partial charge in [0.2, 0.25) is 0 Å². The quantitative estimate of drug-likeness (QED) is 0.179. The van der Waals surface area contributed by atoms with E-state index in [4.69, 9.17) is 13.8 Å². The molecule has 0 radical (unpaired) electrons. The molecule has 0 N–H and O–H groups in total. The van der Waals surface area contributed by atoms with Gasteiger partial charge < -0.3 is 14.2 Å². The third-order valence-corrected chi connectivity index (χ3v) is 7.92. The van der Waals surface area contributed by atoms with Crippen molar-refractivity contribution >= 4 is 13.9 Å². The van der Waals surface area contributed by atoms with E-state index < -0.39 is 7.94 Å². The van der Waals surface area contributed by atoms with Gasteiger partial charge in [-0.05, 0) is 19.8 Å². The van der Waals surface area contributed by atoms with Crippen LogP contribution in [0.1, 0.15) is 104 Å². The summed E-state index contributed by atoms with van der Waals surface area (Å²) in [6.07, 6.45) is 17.8. The van der Waals surface area contributed by atoms with Gasteiger partial charge in [0.25, 0.3) is 7.94 Å². The number of carbonyl (C=O) groups excluding carboxylic acids is 1. The first-order valence-corrected chi connectivity index (χ1v) is 13.6. The topological polar surface area (TPSA) is 67.8 Å². The molecule has 0 aromatic heterocycles. The second-order valence-corrected chi connectivity index (χ2v) is 10.7. The number of allylic oxidation sites excluding steroid dienone is 1. The highest BCUT2D eigenvalue weighted by Crippen LogP contribution is 2.58. The molecule has 0 bridgehead atoms. The van der Waals surface area contributed by atoms with Crippen molar-refractivity contribution in [1.29, 1.82) is 0 Å². The number of hydrogen-bond acceptors (Lipinski definition) is 5. The Balaban J connectivity index is 1.47. The molecular formula is C23H41O5P. The van der Waals surface area contributed by atoms with Crippen molar-refractivity contribution in [2.45, 2.75) is 104 Å². The van der Waals surface area contributed by atoms with Gasteiger partial charge in [0.05, 0.1) is 18.8 Å². The van der Waals surface area contributed by atoms with Crippen LogP contribution in [0.25, 0.3) is 0 Å². The molecular weight excluding hydrogens is 387 g/mol. The van der Waals surface area contributed by atoms with Crippen molar-refractivity contribution < 1.29 is 23.5 Å².